The molecule has 0 heterocycles. The molecule has 3 heteroatoms. The number of rotatable bonds is 3. The third-order valence-electron chi connectivity index (χ3n) is 5.70. The molecule has 2 nitrogen and oxygen atoms in total. The summed E-state index contributed by atoms with van der Waals surface area (Å²) in [6.45, 7) is 0. The van der Waals surface area contributed by atoms with Gasteiger partial charge in [-0.15, -0.1) is 0 Å². The summed E-state index contributed by atoms with van der Waals surface area (Å²) < 4.78 is 1.04. The molecule has 1 amide bonds. The Morgan fingerprint density at radius 2 is 1.76 bits per heavy atom. The lowest BCUT2D eigenvalue weighted by Gasteiger charge is -2.56. The highest BCUT2D eigenvalue weighted by atomic mass is 79.9. The molecule has 1 aromatic rings. The molecule has 0 spiro atoms. The Labute approximate surface area is 134 Å². The van der Waals surface area contributed by atoms with Crippen LogP contribution in [0.4, 0.5) is 0 Å². The third-order valence-corrected chi connectivity index (χ3v) is 6.19. The van der Waals surface area contributed by atoms with Gasteiger partial charge in [0.1, 0.15) is 0 Å². The SMILES string of the molecule is O=C(Cc1cccc(Br)c1)NC12CC3CC(CC(C3)C1)C2. The number of benzene rings is 1. The Hall–Kier alpha value is -0.830. The highest BCUT2D eigenvalue weighted by molar-refractivity contribution is 9.10. The number of nitrogens with one attached hydrogen (secondary N) is 1. The topological polar surface area (TPSA) is 29.1 Å². The van der Waals surface area contributed by atoms with Crippen molar-refractivity contribution in [3.05, 3.63) is 34.3 Å². The normalized spacial score (nSPS) is 36.7. The van der Waals surface area contributed by atoms with Crippen LogP contribution < -0.4 is 5.32 Å². The summed E-state index contributed by atoms with van der Waals surface area (Å²) in [5.41, 5.74) is 1.23. The second kappa shape index (κ2) is 5.12. The van der Waals surface area contributed by atoms with Crippen molar-refractivity contribution in [2.75, 3.05) is 0 Å². The monoisotopic (exact) mass is 347 g/mol. The smallest absolute Gasteiger partial charge is 0.224 e. The number of carbonyl (C=O) groups excluding carboxylic acids is 1. The lowest BCUT2D eigenvalue weighted by atomic mass is 9.53. The molecule has 0 aromatic heterocycles. The maximum atomic E-state index is 12.5. The molecule has 0 unspecified atom stereocenters. The Kier molecular flexibility index (Phi) is 3.36. The zero-order valence-corrected chi connectivity index (χ0v) is 13.9. The third kappa shape index (κ3) is 2.77. The van der Waals surface area contributed by atoms with Gasteiger partial charge in [-0.2, -0.15) is 0 Å². The first-order valence-corrected chi connectivity index (χ1v) is 8.95. The first-order valence-electron chi connectivity index (χ1n) is 8.16. The van der Waals surface area contributed by atoms with Crippen LogP contribution in [-0.2, 0) is 11.2 Å². The van der Waals surface area contributed by atoms with Crippen LogP contribution in [0.25, 0.3) is 0 Å². The van der Waals surface area contributed by atoms with Gasteiger partial charge in [-0.25, -0.2) is 0 Å². The number of hydrogen-bond donors (Lipinski definition) is 1. The minimum absolute atomic E-state index is 0.137. The molecule has 1 N–H and O–H groups in total. The van der Waals surface area contributed by atoms with Gasteiger partial charge in [-0.3, -0.25) is 4.79 Å². The molecule has 4 saturated carbocycles. The Morgan fingerprint density at radius 3 is 2.33 bits per heavy atom. The zero-order valence-electron chi connectivity index (χ0n) is 12.3. The van der Waals surface area contributed by atoms with Crippen LogP contribution in [0, 0.1) is 17.8 Å². The molecule has 4 aliphatic carbocycles. The van der Waals surface area contributed by atoms with Gasteiger partial charge in [0, 0.05) is 10.0 Å². The highest BCUT2D eigenvalue weighted by Crippen LogP contribution is 2.55. The predicted octanol–water partition coefficient (Wildman–Crippen LogP) is 4.08. The van der Waals surface area contributed by atoms with Crippen LogP contribution in [0.1, 0.15) is 44.1 Å². The fourth-order valence-corrected chi connectivity index (χ4v) is 5.88. The van der Waals surface area contributed by atoms with Gasteiger partial charge in [0.25, 0.3) is 0 Å². The first-order chi connectivity index (χ1) is 10.1. The summed E-state index contributed by atoms with van der Waals surface area (Å²) in [6, 6.07) is 8.07. The molecule has 0 saturated heterocycles. The summed E-state index contributed by atoms with van der Waals surface area (Å²) in [4.78, 5) is 12.5. The van der Waals surface area contributed by atoms with E-state index in [0.717, 1.165) is 27.8 Å². The van der Waals surface area contributed by atoms with Crippen LogP contribution >= 0.6 is 15.9 Å². The number of amides is 1. The van der Waals surface area contributed by atoms with Crippen LogP contribution in [0.2, 0.25) is 0 Å². The molecular weight excluding hydrogens is 326 g/mol. The van der Waals surface area contributed by atoms with Gasteiger partial charge >= 0.3 is 0 Å². The molecule has 5 rings (SSSR count). The highest BCUT2D eigenvalue weighted by Gasteiger charge is 2.51. The lowest BCUT2D eigenvalue weighted by molar-refractivity contribution is -0.126. The Bertz CT molecular complexity index is 533. The van der Waals surface area contributed by atoms with Crippen molar-refractivity contribution in [1.82, 2.24) is 5.32 Å². The first kappa shape index (κ1) is 13.8. The van der Waals surface area contributed by atoms with Gasteiger partial charge in [-0.1, -0.05) is 28.1 Å². The molecule has 21 heavy (non-hydrogen) atoms. The maximum absolute atomic E-state index is 12.5. The molecule has 1 aromatic carbocycles. The van der Waals surface area contributed by atoms with E-state index < -0.39 is 0 Å². The summed E-state index contributed by atoms with van der Waals surface area (Å²) in [5.74, 6) is 2.84. The minimum atomic E-state index is 0.137. The van der Waals surface area contributed by atoms with Crippen molar-refractivity contribution in [3.63, 3.8) is 0 Å². The van der Waals surface area contributed by atoms with Crippen LogP contribution in [0.15, 0.2) is 28.7 Å². The number of hydrogen-bond acceptors (Lipinski definition) is 1. The van der Waals surface area contributed by atoms with Crippen molar-refractivity contribution < 1.29 is 4.79 Å². The van der Waals surface area contributed by atoms with E-state index >= 15 is 0 Å². The molecule has 4 fully saturated rings. The van der Waals surface area contributed by atoms with Crippen molar-refractivity contribution in [2.45, 2.75) is 50.5 Å². The molecular formula is C18H22BrNO. The summed E-state index contributed by atoms with van der Waals surface area (Å²) in [5, 5.41) is 3.44. The zero-order chi connectivity index (χ0) is 14.4. The van der Waals surface area contributed by atoms with Gasteiger partial charge in [0.2, 0.25) is 5.91 Å². The van der Waals surface area contributed by atoms with Crippen LogP contribution in [0.3, 0.4) is 0 Å². The maximum Gasteiger partial charge on any atom is 0.224 e. The molecule has 0 aliphatic heterocycles. The van der Waals surface area contributed by atoms with Crippen LogP contribution in [-0.4, -0.2) is 11.4 Å². The summed E-state index contributed by atoms with van der Waals surface area (Å²) in [6.07, 6.45) is 8.43. The Balaban J connectivity index is 1.45. The van der Waals surface area contributed by atoms with E-state index in [9.17, 15) is 4.79 Å². The minimum Gasteiger partial charge on any atom is -0.350 e. The van der Waals surface area contributed by atoms with Gasteiger partial charge in [0.05, 0.1) is 6.42 Å². The molecule has 112 valence electrons. The van der Waals surface area contributed by atoms with E-state index in [1.807, 2.05) is 24.3 Å². The van der Waals surface area contributed by atoms with Crippen molar-refractivity contribution in [1.29, 1.82) is 0 Å². The van der Waals surface area contributed by atoms with E-state index in [0.29, 0.717) is 6.42 Å². The van der Waals surface area contributed by atoms with Crippen molar-refractivity contribution >= 4 is 21.8 Å². The van der Waals surface area contributed by atoms with Crippen molar-refractivity contribution in [3.8, 4) is 0 Å². The summed E-state index contributed by atoms with van der Waals surface area (Å²) in [7, 11) is 0. The van der Waals surface area contributed by atoms with Crippen molar-refractivity contribution in [2.24, 2.45) is 17.8 Å². The Morgan fingerprint density at radius 1 is 1.14 bits per heavy atom. The molecule has 0 atom stereocenters. The predicted molar refractivity (Wildman–Crippen MR) is 86.9 cm³/mol. The van der Waals surface area contributed by atoms with E-state index in [1.54, 1.807) is 0 Å². The lowest BCUT2D eigenvalue weighted by Crippen LogP contribution is -2.60. The van der Waals surface area contributed by atoms with Gasteiger partial charge < -0.3 is 5.32 Å². The van der Waals surface area contributed by atoms with Gasteiger partial charge in [-0.05, 0) is 74.0 Å². The quantitative estimate of drug-likeness (QED) is 0.876. The van der Waals surface area contributed by atoms with E-state index in [1.165, 1.54) is 38.5 Å². The molecule has 4 aliphatic rings. The average Bonchev–Trinajstić information content (AvgIpc) is 2.35. The fraction of sp³-hybridized carbons (Fsp3) is 0.611. The van der Waals surface area contributed by atoms with E-state index in [-0.39, 0.29) is 11.4 Å². The second-order valence-electron chi connectivity index (χ2n) is 7.55. The average molecular weight is 348 g/mol. The molecule has 4 bridgehead atoms. The second-order valence-corrected chi connectivity index (χ2v) is 8.47. The van der Waals surface area contributed by atoms with E-state index in [2.05, 4.69) is 21.2 Å². The fourth-order valence-electron chi connectivity index (χ4n) is 5.44. The number of carbonyl (C=O) groups is 1. The van der Waals surface area contributed by atoms with Gasteiger partial charge in [0.15, 0.2) is 0 Å². The van der Waals surface area contributed by atoms with E-state index in [4.69, 9.17) is 0 Å². The number of halogens is 1. The van der Waals surface area contributed by atoms with Crippen LogP contribution in [0.5, 0.6) is 0 Å². The largest absolute Gasteiger partial charge is 0.350 e. The summed E-state index contributed by atoms with van der Waals surface area (Å²) >= 11 is 3.47. The molecule has 0 radical (unpaired) electrons. The standard InChI is InChI=1S/C18H22BrNO/c19-16-3-1-2-12(7-16)8-17(21)20-18-9-13-4-14(10-18)6-15(5-13)11-18/h1-3,7,13-15H,4-6,8-11H2,(H,20,21).